The number of rotatable bonds is 2. The largest absolute Gasteiger partial charge is 0.311 e. The van der Waals surface area contributed by atoms with Gasteiger partial charge in [0.15, 0.2) is 0 Å². The van der Waals surface area contributed by atoms with Gasteiger partial charge in [-0.25, -0.2) is 0 Å². The molecule has 59 heavy (non-hydrogen) atoms. The maximum absolute atomic E-state index is 2.75. The van der Waals surface area contributed by atoms with Gasteiger partial charge in [-0.15, -0.1) is 0 Å². The van der Waals surface area contributed by atoms with Gasteiger partial charge in [0.1, 0.15) is 0 Å². The van der Waals surface area contributed by atoms with E-state index in [-0.39, 0.29) is 24.3 Å². The summed E-state index contributed by atoms with van der Waals surface area (Å²) in [6.45, 7) is 23.3. The first-order valence-corrected chi connectivity index (χ1v) is 21.5. The van der Waals surface area contributed by atoms with Crippen molar-refractivity contribution in [2.45, 2.75) is 80.1 Å². The van der Waals surface area contributed by atoms with E-state index in [1.54, 1.807) is 0 Å². The predicted molar refractivity (Wildman–Crippen MR) is 256 cm³/mol. The monoisotopic (exact) mass is 761 g/mol. The van der Waals surface area contributed by atoms with Crippen molar-refractivity contribution < 1.29 is 0 Å². The van der Waals surface area contributed by atoms with Gasteiger partial charge in [0.2, 0.25) is 0 Å². The summed E-state index contributed by atoms with van der Waals surface area (Å²) in [6.07, 6.45) is 0. The Morgan fingerprint density at radius 3 is 1.17 bits per heavy atom. The SMILES string of the molecule is Cc1ccc(N2c3ccc(C)cc3B3c4c2cc2c5c4-n4c6c3cc(C(C)(C)C)cc6c3cc(C(C)(C)C)cc(c34)B5c3cc(C)ccc3N2c2ccc(C)cc2)cc1. The summed E-state index contributed by atoms with van der Waals surface area (Å²) in [5.41, 5.74) is 27.9. The molecule has 7 aromatic carbocycles. The van der Waals surface area contributed by atoms with Crippen LogP contribution in [0.25, 0.3) is 27.5 Å². The highest BCUT2D eigenvalue weighted by Crippen LogP contribution is 2.48. The first-order valence-electron chi connectivity index (χ1n) is 21.5. The molecule has 0 bridgehead atoms. The van der Waals surface area contributed by atoms with Crippen molar-refractivity contribution in [1.82, 2.24) is 4.57 Å². The van der Waals surface area contributed by atoms with Crippen LogP contribution in [0.1, 0.15) is 74.9 Å². The smallest absolute Gasteiger partial charge is 0.252 e. The molecule has 0 N–H and O–H groups in total. The highest BCUT2D eigenvalue weighted by atomic mass is 15.2. The van der Waals surface area contributed by atoms with Crippen molar-refractivity contribution in [3.63, 3.8) is 0 Å². The minimum absolute atomic E-state index is 0.0314. The number of aryl methyl sites for hydroxylation is 4. The zero-order valence-electron chi connectivity index (χ0n) is 36.0. The average molecular weight is 762 g/mol. The van der Waals surface area contributed by atoms with Crippen LogP contribution in [-0.4, -0.2) is 18.0 Å². The van der Waals surface area contributed by atoms with E-state index in [9.17, 15) is 0 Å². The maximum Gasteiger partial charge on any atom is 0.252 e. The Balaban J connectivity index is 1.35. The molecule has 0 saturated carbocycles. The van der Waals surface area contributed by atoms with Gasteiger partial charge in [-0.1, -0.05) is 124 Å². The number of hydrogen-bond donors (Lipinski definition) is 0. The van der Waals surface area contributed by atoms with Gasteiger partial charge in [0, 0.05) is 61.6 Å². The molecule has 0 radical (unpaired) electrons. The summed E-state index contributed by atoms with van der Waals surface area (Å²) in [4.78, 5) is 5.16. The molecule has 0 amide bonds. The molecule has 0 unspecified atom stereocenters. The molecule has 0 spiro atoms. The molecule has 5 heteroatoms. The van der Waals surface area contributed by atoms with Crippen molar-refractivity contribution in [3.8, 4) is 5.69 Å². The molecule has 4 aliphatic heterocycles. The summed E-state index contributed by atoms with van der Waals surface area (Å²) >= 11 is 0. The van der Waals surface area contributed by atoms with Crippen molar-refractivity contribution in [2.24, 2.45) is 0 Å². The van der Waals surface area contributed by atoms with Crippen molar-refractivity contribution >= 4 is 102 Å². The normalized spacial score (nSPS) is 14.5. The molecule has 3 nitrogen and oxygen atoms in total. The summed E-state index contributed by atoms with van der Waals surface area (Å²) in [5, 5.41) is 2.77. The van der Waals surface area contributed by atoms with Crippen LogP contribution in [0.2, 0.25) is 0 Å². The lowest BCUT2D eigenvalue weighted by Crippen LogP contribution is -2.67. The number of benzene rings is 7. The third-order valence-corrected chi connectivity index (χ3v) is 14.0. The zero-order chi connectivity index (χ0) is 40.6. The first-order chi connectivity index (χ1) is 28.2. The summed E-state index contributed by atoms with van der Waals surface area (Å²) in [6, 6.07) is 45.6. The van der Waals surface area contributed by atoms with Crippen LogP contribution in [0.5, 0.6) is 0 Å². The summed E-state index contributed by atoms with van der Waals surface area (Å²) in [7, 11) is 0. The lowest BCUT2D eigenvalue weighted by molar-refractivity contribution is 0.591. The Kier molecular flexibility index (Phi) is 6.78. The summed E-state index contributed by atoms with van der Waals surface area (Å²) in [5.74, 6) is 0. The highest BCUT2D eigenvalue weighted by Gasteiger charge is 2.50. The van der Waals surface area contributed by atoms with Gasteiger partial charge < -0.3 is 14.4 Å². The molecule has 0 saturated heterocycles. The Bertz CT molecular complexity index is 2970. The van der Waals surface area contributed by atoms with Crippen LogP contribution in [-0.2, 0) is 10.8 Å². The van der Waals surface area contributed by atoms with Crippen molar-refractivity contribution in [1.29, 1.82) is 0 Å². The van der Waals surface area contributed by atoms with Gasteiger partial charge in [-0.05, 0) is 137 Å². The van der Waals surface area contributed by atoms with Gasteiger partial charge in [0.05, 0.1) is 0 Å². The Morgan fingerprint density at radius 1 is 0.390 bits per heavy atom. The number of fused-ring (bicyclic) bond motifs is 7. The molecule has 4 aliphatic rings. The van der Waals surface area contributed by atoms with Crippen LogP contribution in [0.3, 0.4) is 0 Å². The predicted octanol–water partition coefficient (Wildman–Crippen LogP) is 9.84. The molecular weight excluding hydrogens is 712 g/mol. The zero-order valence-corrected chi connectivity index (χ0v) is 36.0. The van der Waals surface area contributed by atoms with Crippen LogP contribution in [0.4, 0.5) is 34.1 Å². The van der Waals surface area contributed by atoms with E-state index in [0.29, 0.717) is 0 Å². The molecule has 0 fully saturated rings. The van der Waals surface area contributed by atoms with Crippen LogP contribution in [0, 0.1) is 27.7 Å². The fourth-order valence-electron chi connectivity index (χ4n) is 11.1. The average Bonchev–Trinajstić information content (AvgIpc) is 3.53. The van der Waals surface area contributed by atoms with E-state index in [0.717, 1.165) is 0 Å². The van der Waals surface area contributed by atoms with E-state index in [1.165, 1.54) is 128 Å². The molecule has 8 aromatic rings. The van der Waals surface area contributed by atoms with E-state index in [4.69, 9.17) is 0 Å². The number of hydrogen-bond acceptors (Lipinski definition) is 2. The van der Waals surface area contributed by atoms with E-state index < -0.39 is 0 Å². The van der Waals surface area contributed by atoms with Gasteiger partial charge in [-0.3, -0.25) is 0 Å². The topological polar surface area (TPSA) is 11.4 Å². The van der Waals surface area contributed by atoms with E-state index in [2.05, 4.69) is 199 Å². The molecule has 12 rings (SSSR count). The minimum atomic E-state index is -0.0314. The lowest BCUT2D eigenvalue weighted by atomic mass is 9.29. The summed E-state index contributed by atoms with van der Waals surface area (Å²) < 4.78 is 2.75. The molecule has 0 aliphatic carbocycles. The lowest BCUT2D eigenvalue weighted by Gasteiger charge is -2.47. The van der Waals surface area contributed by atoms with Crippen molar-refractivity contribution in [2.75, 3.05) is 9.80 Å². The van der Waals surface area contributed by atoms with Gasteiger partial charge in [-0.2, -0.15) is 0 Å². The third-order valence-electron chi connectivity index (χ3n) is 14.0. The second-order valence-corrected chi connectivity index (χ2v) is 20.2. The van der Waals surface area contributed by atoms with E-state index >= 15 is 0 Å². The Hall–Kier alpha value is -5.93. The fraction of sp³-hybridized carbons (Fsp3) is 0.222. The minimum Gasteiger partial charge on any atom is -0.311 e. The quantitative estimate of drug-likeness (QED) is 0.163. The van der Waals surface area contributed by atoms with Gasteiger partial charge in [0.25, 0.3) is 13.4 Å². The number of nitrogens with zero attached hydrogens (tertiary/aromatic N) is 3. The standard InChI is InChI=1S/C54H49B2N3/c1-30-11-17-36(18-12-30)57-44-21-15-32(3)23-40(44)55-42-27-34(53(5,6)7)25-38-39-26-35(54(8,9)10)28-43-51(39)59(50(38)42)52-48(55)46(57)29-47-49(52)56(43)41-24-33(4)16-22-45(41)58(47)37-19-13-31(2)14-20-37/h11-29H,1-10H3. The maximum atomic E-state index is 2.75. The highest BCUT2D eigenvalue weighted by molar-refractivity contribution is 7.04. The molecule has 1 aromatic heterocycles. The van der Waals surface area contributed by atoms with Crippen LogP contribution in [0.15, 0.2) is 115 Å². The molecule has 286 valence electrons. The number of anilines is 6. The third kappa shape index (κ3) is 4.62. The molecule has 5 heterocycles. The fourth-order valence-corrected chi connectivity index (χ4v) is 11.1. The van der Waals surface area contributed by atoms with Crippen LogP contribution >= 0.6 is 0 Å². The van der Waals surface area contributed by atoms with Crippen LogP contribution < -0.4 is 42.6 Å². The molecular formula is C54H49B2N3. The Morgan fingerprint density at radius 2 is 0.780 bits per heavy atom. The molecule has 0 atom stereocenters. The second kappa shape index (κ2) is 11.4. The van der Waals surface area contributed by atoms with E-state index in [1.807, 2.05) is 0 Å². The van der Waals surface area contributed by atoms with Gasteiger partial charge >= 0.3 is 0 Å². The van der Waals surface area contributed by atoms with Crippen molar-refractivity contribution in [3.05, 3.63) is 149 Å². The second-order valence-electron chi connectivity index (χ2n) is 20.2. The first kappa shape index (κ1) is 35.1. The Labute approximate surface area is 349 Å². The number of aromatic nitrogens is 1.